The molecule has 0 amide bonds. The number of aliphatic hydroxyl groups excluding tert-OH is 1. The molecule has 0 aliphatic heterocycles. The Morgan fingerprint density at radius 3 is 2.70 bits per heavy atom. The first-order valence-electron chi connectivity index (χ1n) is 5.89. The van der Waals surface area contributed by atoms with Crippen LogP contribution in [0.5, 0.6) is 0 Å². The lowest BCUT2D eigenvalue weighted by Crippen LogP contribution is -2.29. The Hall–Kier alpha value is -1.34. The fourth-order valence-corrected chi connectivity index (χ4v) is 3.12. The molecule has 2 N–H and O–H groups in total. The van der Waals surface area contributed by atoms with Crippen molar-refractivity contribution in [1.82, 2.24) is 4.72 Å². The predicted octanol–water partition coefficient (Wildman–Crippen LogP) is 2.09. The number of hydrogen-bond acceptors (Lipinski definition) is 4. The Morgan fingerprint density at radius 2 is 2.05 bits per heavy atom. The van der Waals surface area contributed by atoms with E-state index in [2.05, 4.69) is 4.72 Å². The number of hydrogen-bond donors (Lipinski definition) is 2. The second-order valence-electron chi connectivity index (χ2n) is 4.27. The Balaban J connectivity index is 1.96. The summed E-state index contributed by atoms with van der Waals surface area (Å²) in [6, 6.07) is 8.30. The largest absolute Gasteiger partial charge is 0.472 e. The summed E-state index contributed by atoms with van der Waals surface area (Å²) in [6.07, 6.45) is 1.83. The van der Waals surface area contributed by atoms with Crippen LogP contribution in [0.1, 0.15) is 17.2 Å². The third kappa shape index (κ3) is 4.08. The first-order valence-corrected chi connectivity index (χ1v) is 7.92. The summed E-state index contributed by atoms with van der Waals surface area (Å²) >= 11 is 5.92. The highest BCUT2D eigenvalue weighted by Gasteiger charge is 2.16. The number of benzene rings is 1. The van der Waals surface area contributed by atoms with Gasteiger partial charge in [-0.25, -0.2) is 13.1 Å². The summed E-state index contributed by atoms with van der Waals surface area (Å²) in [5, 5.41) is 10.2. The van der Waals surface area contributed by atoms with Gasteiger partial charge in [0.25, 0.3) is 0 Å². The molecule has 0 saturated carbocycles. The van der Waals surface area contributed by atoms with Crippen LogP contribution in [0, 0.1) is 0 Å². The summed E-state index contributed by atoms with van der Waals surface area (Å²) in [7, 11) is -3.57. The fraction of sp³-hybridized carbons (Fsp3) is 0.231. The highest BCUT2D eigenvalue weighted by molar-refractivity contribution is 7.88. The SMILES string of the molecule is O=S(=O)(Cc1ccccc1Cl)NCC(O)c1ccoc1. The number of nitrogens with one attached hydrogen (secondary N) is 1. The molecule has 0 aliphatic rings. The van der Waals surface area contributed by atoms with Crippen LogP contribution in [0.3, 0.4) is 0 Å². The average molecular weight is 316 g/mol. The van der Waals surface area contributed by atoms with Crippen LogP contribution in [-0.4, -0.2) is 20.1 Å². The van der Waals surface area contributed by atoms with Gasteiger partial charge in [0, 0.05) is 17.1 Å². The molecule has 108 valence electrons. The third-order valence-corrected chi connectivity index (χ3v) is 4.39. The standard InChI is InChI=1S/C13H14ClNO4S/c14-12-4-2-1-3-11(12)9-20(17,18)15-7-13(16)10-5-6-19-8-10/h1-6,8,13,15-16H,7,9H2. The lowest BCUT2D eigenvalue weighted by Gasteiger charge is -2.11. The lowest BCUT2D eigenvalue weighted by molar-refractivity contribution is 0.181. The molecule has 2 aromatic rings. The van der Waals surface area contributed by atoms with Gasteiger partial charge >= 0.3 is 0 Å². The highest BCUT2D eigenvalue weighted by Crippen LogP contribution is 2.18. The molecule has 0 saturated heterocycles. The summed E-state index contributed by atoms with van der Waals surface area (Å²) in [5.74, 6) is -0.231. The number of aliphatic hydroxyl groups is 1. The lowest BCUT2D eigenvalue weighted by atomic mass is 10.2. The van der Waals surface area contributed by atoms with Crippen molar-refractivity contribution < 1.29 is 17.9 Å². The summed E-state index contributed by atoms with van der Waals surface area (Å²) in [5.41, 5.74) is 1.03. The number of furan rings is 1. The zero-order valence-electron chi connectivity index (χ0n) is 10.5. The van der Waals surface area contributed by atoms with Crippen LogP contribution in [-0.2, 0) is 15.8 Å². The molecule has 0 radical (unpaired) electrons. The van der Waals surface area contributed by atoms with Crippen LogP contribution < -0.4 is 4.72 Å². The van der Waals surface area contributed by atoms with Crippen molar-refractivity contribution in [3.63, 3.8) is 0 Å². The van der Waals surface area contributed by atoms with E-state index in [0.29, 0.717) is 16.1 Å². The Kier molecular flexibility index (Phi) is 4.82. The maximum absolute atomic E-state index is 11.9. The number of sulfonamides is 1. The van der Waals surface area contributed by atoms with Gasteiger partial charge in [-0.05, 0) is 17.7 Å². The van der Waals surface area contributed by atoms with E-state index in [1.165, 1.54) is 12.5 Å². The minimum atomic E-state index is -3.57. The minimum absolute atomic E-state index is 0.119. The van der Waals surface area contributed by atoms with Gasteiger partial charge in [0.1, 0.15) is 0 Å². The quantitative estimate of drug-likeness (QED) is 0.855. The van der Waals surface area contributed by atoms with Gasteiger partial charge in [0.2, 0.25) is 10.0 Å². The molecule has 2 rings (SSSR count). The van der Waals surface area contributed by atoms with Crippen molar-refractivity contribution in [2.24, 2.45) is 0 Å². The first-order chi connectivity index (χ1) is 9.48. The Labute approximate surface area is 122 Å². The van der Waals surface area contributed by atoms with E-state index >= 15 is 0 Å². The van der Waals surface area contributed by atoms with E-state index in [-0.39, 0.29) is 12.3 Å². The second-order valence-corrected chi connectivity index (χ2v) is 6.49. The zero-order valence-corrected chi connectivity index (χ0v) is 12.1. The van der Waals surface area contributed by atoms with E-state index in [9.17, 15) is 13.5 Å². The Morgan fingerprint density at radius 1 is 1.30 bits per heavy atom. The topological polar surface area (TPSA) is 79.5 Å². The monoisotopic (exact) mass is 315 g/mol. The molecule has 0 aliphatic carbocycles. The minimum Gasteiger partial charge on any atom is -0.472 e. The molecular weight excluding hydrogens is 302 g/mol. The molecule has 20 heavy (non-hydrogen) atoms. The summed E-state index contributed by atoms with van der Waals surface area (Å²) in [6.45, 7) is -0.119. The molecule has 0 fully saturated rings. The van der Waals surface area contributed by atoms with Gasteiger partial charge in [-0.3, -0.25) is 0 Å². The van der Waals surface area contributed by atoms with Crippen molar-refractivity contribution in [2.75, 3.05) is 6.54 Å². The average Bonchev–Trinajstić information content (AvgIpc) is 2.93. The molecule has 5 nitrogen and oxygen atoms in total. The molecule has 1 heterocycles. The van der Waals surface area contributed by atoms with Crippen LogP contribution in [0.15, 0.2) is 47.3 Å². The van der Waals surface area contributed by atoms with Crippen LogP contribution in [0.4, 0.5) is 0 Å². The van der Waals surface area contributed by atoms with Gasteiger partial charge < -0.3 is 9.52 Å². The smallest absolute Gasteiger partial charge is 0.215 e. The Bertz CT molecular complexity index is 655. The van der Waals surface area contributed by atoms with Gasteiger partial charge in [0.05, 0.1) is 24.4 Å². The van der Waals surface area contributed by atoms with Crippen molar-refractivity contribution in [3.05, 3.63) is 59.0 Å². The molecule has 0 bridgehead atoms. The second kappa shape index (κ2) is 6.41. The summed E-state index contributed by atoms with van der Waals surface area (Å²) < 4.78 is 31.0. The normalized spacial score (nSPS) is 13.3. The van der Waals surface area contributed by atoms with Crippen LogP contribution >= 0.6 is 11.6 Å². The molecule has 7 heteroatoms. The van der Waals surface area contributed by atoms with E-state index < -0.39 is 16.1 Å². The number of rotatable bonds is 6. The molecule has 1 atom stereocenters. The van der Waals surface area contributed by atoms with E-state index in [1.54, 1.807) is 30.3 Å². The zero-order chi connectivity index (χ0) is 14.6. The highest BCUT2D eigenvalue weighted by atomic mass is 35.5. The van der Waals surface area contributed by atoms with Gasteiger partial charge in [-0.15, -0.1) is 0 Å². The van der Waals surface area contributed by atoms with Crippen LogP contribution in [0.25, 0.3) is 0 Å². The van der Waals surface area contributed by atoms with Crippen molar-refractivity contribution >= 4 is 21.6 Å². The molecule has 1 unspecified atom stereocenters. The predicted molar refractivity (Wildman–Crippen MR) is 75.7 cm³/mol. The first kappa shape index (κ1) is 15.1. The van der Waals surface area contributed by atoms with E-state index in [4.69, 9.17) is 16.0 Å². The third-order valence-electron chi connectivity index (χ3n) is 2.73. The van der Waals surface area contributed by atoms with Gasteiger partial charge in [-0.2, -0.15) is 0 Å². The maximum Gasteiger partial charge on any atom is 0.215 e. The van der Waals surface area contributed by atoms with Crippen molar-refractivity contribution in [3.8, 4) is 0 Å². The van der Waals surface area contributed by atoms with Gasteiger partial charge in [0.15, 0.2) is 0 Å². The maximum atomic E-state index is 11.9. The molecular formula is C13H14ClNO4S. The van der Waals surface area contributed by atoms with Gasteiger partial charge in [-0.1, -0.05) is 29.8 Å². The molecule has 0 spiro atoms. The fourth-order valence-electron chi connectivity index (χ4n) is 1.66. The van der Waals surface area contributed by atoms with E-state index in [1.807, 2.05) is 0 Å². The number of halogens is 1. The molecule has 1 aromatic heterocycles. The van der Waals surface area contributed by atoms with Crippen molar-refractivity contribution in [2.45, 2.75) is 11.9 Å². The van der Waals surface area contributed by atoms with Crippen molar-refractivity contribution in [1.29, 1.82) is 0 Å². The van der Waals surface area contributed by atoms with E-state index in [0.717, 1.165) is 0 Å². The summed E-state index contributed by atoms with van der Waals surface area (Å²) in [4.78, 5) is 0. The van der Waals surface area contributed by atoms with Crippen LogP contribution in [0.2, 0.25) is 5.02 Å². The molecule has 1 aromatic carbocycles.